The number of esters is 1. The number of ether oxygens (including phenoxy) is 2. The van der Waals surface area contributed by atoms with E-state index >= 15 is 0 Å². The van der Waals surface area contributed by atoms with Gasteiger partial charge in [0.05, 0.1) is 6.61 Å². The minimum atomic E-state index is -0.862. The molecule has 0 bridgehead atoms. The molecule has 1 amide bonds. The maximum Gasteiger partial charge on any atom is 0.306 e. The summed E-state index contributed by atoms with van der Waals surface area (Å²) in [7, 11) is 0. The molecule has 0 saturated heterocycles. The van der Waals surface area contributed by atoms with Crippen LogP contribution in [0, 0.1) is 13.8 Å². The third-order valence-electron chi connectivity index (χ3n) is 4.20. The summed E-state index contributed by atoms with van der Waals surface area (Å²) in [6, 6.07) is 13.4. The van der Waals surface area contributed by atoms with E-state index in [1.165, 1.54) is 0 Å². The number of para-hydroxylation sites is 1. The molecule has 2 rings (SSSR count). The average molecular weight is 369 g/mol. The van der Waals surface area contributed by atoms with Crippen LogP contribution in [0.2, 0.25) is 0 Å². The summed E-state index contributed by atoms with van der Waals surface area (Å²) in [5.74, 6) is 0.0187. The van der Waals surface area contributed by atoms with Crippen molar-refractivity contribution in [2.45, 2.75) is 46.6 Å². The molecule has 0 radical (unpaired) electrons. The quantitative estimate of drug-likeness (QED) is 0.708. The standard InChI is InChI=1S/C22H27NO4/c1-5-26-20-9-7-6-8-18(20)12-13-21(24)27-17(4)22(25)23-19-14-15(2)10-11-16(19)3/h6-11,14,17H,5,12-13H2,1-4H3,(H,23,25)/t17-/m0/s1. The molecule has 2 aromatic rings. The van der Waals surface area contributed by atoms with Gasteiger partial charge in [-0.1, -0.05) is 30.3 Å². The van der Waals surface area contributed by atoms with Crippen LogP contribution in [0.15, 0.2) is 42.5 Å². The number of aryl methyl sites for hydroxylation is 3. The van der Waals surface area contributed by atoms with Crippen molar-refractivity contribution >= 4 is 17.6 Å². The molecular weight excluding hydrogens is 342 g/mol. The highest BCUT2D eigenvalue weighted by atomic mass is 16.5. The Bertz CT molecular complexity index is 801. The summed E-state index contributed by atoms with van der Waals surface area (Å²) in [6.45, 7) is 7.94. The highest BCUT2D eigenvalue weighted by Gasteiger charge is 2.19. The lowest BCUT2D eigenvalue weighted by Gasteiger charge is -2.15. The summed E-state index contributed by atoms with van der Waals surface area (Å²) < 4.78 is 10.8. The molecule has 27 heavy (non-hydrogen) atoms. The molecule has 144 valence electrons. The minimum absolute atomic E-state index is 0.186. The molecule has 0 spiro atoms. The van der Waals surface area contributed by atoms with Crippen LogP contribution >= 0.6 is 0 Å². The van der Waals surface area contributed by atoms with Crippen molar-refractivity contribution in [1.29, 1.82) is 0 Å². The van der Waals surface area contributed by atoms with Crippen LogP contribution in [0.25, 0.3) is 0 Å². The number of nitrogens with one attached hydrogen (secondary N) is 1. The Kier molecular flexibility index (Phi) is 7.41. The van der Waals surface area contributed by atoms with Gasteiger partial charge in [-0.15, -0.1) is 0 Å². The Morgan fingerprint density at radius 1 is 1.11 bits per heavy atom. The van der Waals surface area contributed by atoms with Crippen LogP contribution < -0.4 is 10.1 Å². The van der Waals surface area contributed by atoms with E-state index in [9.17, 15) is 9.59 Å². The van der Waals surface area contributed by atoms with Crippen molar-refractivity contribution in [3.05, 3.63) is 59.2 Å². The summed E-state index contributed by atoms with van der Waals surface area (Å²) in [5.41, 5.74) is 3.69. The molecule has 2 aromatic carbocycles. The fraction of sp³-hybridized carbons (Fsp3) is 0.364. The van der Waals surface area contributed by atoms with Gasteiger partial charge in [0.15, 0.2) is 6.10 Å². The molecule has 0 aliphatic carbocycles. The van der Waals surface area contributed by atoms with Gasteiger partial charge in [-0.3, -0.25) is 9.59 Å². The van der Waals surface area contributed by atoms with Crippen molar-refractivity contribution in [2.24, 2.45) is 0 Å². The molecule has 1 atom stereocenters. The lowest BCUT2D eigenvalue weighted by atomic mass is 10.1. The predicted octanol–water partition coefficient (Wildman–Crippen LogP) is 4.21. The molecular formula is C22H27NO4. The molecule has 1 N–H and O–H groups in total. The number of rotatable bonds is 8. The number of benzene rings is 2. The fourth-order valence-electron chi connectivity index (χ4n) is 2.66. The van der Waals surface area contributed by atoms with Crippen molar-refractivity contribution in [3.63, 3.8) is 0 Å². The summed E-state index contributed by atoms with van der Waals surface area (Å²) >= 11 is 0. The zero-order valence-electron chi connectivity index (χ0n) is 16.4. The van der Waals surface area contributed by atoms with Gasteiger partial charge in [-0.05, 0) is 62.9 Å². The first-order valence-corrected chi connectivity index (χ1v) is 9.19. The molecule has 0 aliphatic rings. The second-order valence-electron chi connectivity index (χ2n) is 6.48. The Hall–Kier alpha value is -2.82. The van der Waals surface area contributed by atoms with Crippen LogP contribution in [0.5, 0.6) is 5.75 Å². The minimum Gasteiger partial charge on any atom is -0.494 e. The van der Waals surface area contributed by atoms with Crippen LogP contribution in [-0.4, -0.2) is 24.6 Å². The van der Waals surface area contributed by atoms with E-state index in [0.29, 0.717) is 13.0 Å². The maximum atomic E-state index is 12.3. The van der Waals surface area contributed by atoms with Crippen LogP contribution in [-0.2, 0) is 20.7 Å². The predicted molar refractivity (Wildman–Crippen MR) is 106 cm³/mol. The number of carbonyl (C=O) groups is 2. The van der Waals surface area contributed by atoms with Gasteiger partial charge in [0.2, 0.25) is 0 Å². The molecule has 0 aromatic heterocycles. The lowest BCUT2D eigenvalue weighted by Crippen LogP contribution is -2.30. The van der Waals surface area contributed by atoms with Gasteiger partial charge < -0.3 is 14.8 Å². The van der Waals surface area contributed by atoms with Crippen molar-refractivity contribution in [3.8, 4) is 5.75 Å². The number of anilines is 1. The van der Waals surface area contributed by atoms with Crippen LogP contribution in [0.3, 0.4) is 0 Å². The van der Waals surface area contributed by atoms with Gasteiger partial charge >= 0.3 is 5.97 Å². The third kappa shape index (κ3) is 6.13. The maximum absolute atomic E-state index is 12.3. The zero-order valence-corrected chi connectivity index (χ0v) is 16.4. The molecule has 0 saturated carbocycles. The number of hydrogen-bond acceptors (Lipinski definition) is 4. The first kappa shape index (κ1) is 20.5. The highest BCUT2D eigenvalue weighted by Crippen LogP contribution is 2.20. The number of amides is 1. The zero-order chi connectivity index (χ0) is 19.8. The molecule has 0 aliphatic heterocycles. The van der Waals surface area contributed by atoms with E-state index < -0.39 is 12.1 Å². The first-order valence-electron chi connectivity index (χ1n) is 9.19. The van der Waals surface area contributed by atoms with Crippen molar-refractivity contribution in [1.82, 2.24) is 0 Å². The Morgan fingerprint density at radius 3 is 2.59 bits per heavy atom. The second kappa shape index (κ2) is 9.76. The van der Waals surface area contributed by atoms with Gasteiger partial charge in [0.1, 0.15) is 5.75 Å². The van der Waals surface area contributed by atoms with Gasteiger partial charge in [-0.25, -0.2) is 0 Å². The summed E-state index contributed by atoms with van der Waals surface area (Å²) in [4.78, 5) is 24.4. The van der Waals surface area contributed by atoms with Crippen LogP contribution in [0.1, 0.15) is 37.0 Å². The normalized spacial score (nSPS) is 11.6. The van der Waals surface area contributed by atoms with E-state index in [0.717, 1.165) is 28.1 Å². The van der Waals surface area contributed by atoms with Crippen molar-refractivity contribution < 1.29 is 19.1 Å². The SMILES string of the molecule is CCOc1ccccc1CCC(=O)O[C@@H](C)C(=O)Nc1cc(C)ccc1C. The first-order chi connectivity index (χ1) is 12.9. The Labute approximate surface area is 160 Å². The van der Waals surface area contributed by atoms with E-state index in [4.69, 9.17) is 9.47 Å². The van der Waals surface area contributed by atoms with E-state index in [2.05, 4.69) is 5.32 Å². The van der Waals surface area contributed by atoms with Gasteiger partial charge in [-0.2, -0.15) is 0 Å². The van der Waals surface area contributed by atoms with Crippen LogP contribution in [0.4, 0.5) is 5.69 Å². The lowest BCUT2D eigenvalue weighted by molar-refractivity contribution is -0.153. The average Bonchev–Trinajstić information content (AvgIpc) is 2.64. The van der Waals surface area contributed by atoms with E-state index in [1.807, 2.05) is 63.2 Å². The summed E-state index contributed by atoms with van der Waals surface area (Å²) in [5, 5.41) is 2.82. The van der Waals surface area contributed by atoms with E-state index in [1.54, 1.807) is 6.92 Å². The highest BCUT2D eigenvalue weighted by molar-refractivity contribution is 5.95. The third-order valence-corrected chi connectivity index (χ3v) is 4.20. The number of hydrogen-bond donors (Lipinski definition) is 1. The summed E-state index contributed by atoms with van der Waals surface area (Å²) in [6.07, 6.45) is -0.176. The molecule has 0 fully saturated rings. The van der Waals surface area contributed by atoms with Crippen molar-refractivity contribution in [2.75, 3.05) is 11.9 Å². The van der Waals surface area contributed by atoms with Gasteiger partial charge in [0.25, 0.3) is 5.91 Å². The molecule has 5 nitrogen and oxygen atoms in total. The monoisotopic (exact) mass is 369 g/mol. The smallest absolute Gasteiger partial charge is 0.306 e. The van der Waals surface area contributed by atoms with E-state index in [-0.39, 0.29) is 12.3 Å². The molecule has 0 heterocycles. The largest absolute Gasteiger partial charge is 0.494 e. The fourth-order valence-corrected chi connectivity index (χ4v) is 2.66. The topological polar surface area (TPSA) is 64.6 Å². The molecule has 5 heteroatoms. The van der Waals surface area contributed by atoms with Gasteiger partial charge in [0, 0.05) is 12.1 Å². The second-order valence-corrected chi connectivity index (χ2v) is 6.48. The number of carbonyl (C=O) groups excluding carboxylic acids is 2. The Morgan fingerprint density at radius 2 is 1.85 bits per heavy atom. The Balaban J connectivity index is 1.88. The molecule has 0 unspecified atom stereocenters.